The van der Waals surface area contributed by atoms with E-state index in [0.29, 0.717) is 23.2 Å². The van der Waals surface area contributed by atoms with E-state index in [2.05, 4.69) is 15.5 Å². The van der Waals surface area contributed by atoms with Gasteiger partial charge in [0.05, 0.1) is 0 Å². The minimum absolute atomic E-state index is 0.245. The van der Waals surface area contributed by atoms with Gasteiger partial charge in [0, 0.05) is 24.9 Å². The van der Waals surface area contributed by atoms with Gasteiger partial charge in [0.15, 0.2) is 4.77 Å². The highest BCUT2D eigenvalue weighted by Gasteiger charge is 2.48. The molecule has 3 fully saturated rings. The minimum Gasteiger partial charge on any atom is -0.354 e. The molecule has 21 heavy (non-hydrogen) atoms. The van der Waals surface area contributed by atoms with Crippen molar-refractivity contribution in [2.75, 3.05) is 6.54 Å². The molecule has 0 aromatic carbocycles. The van der Waals surface area contributed by atoms with E-state index >= 15 is 0 Å². The number of nitrogens with zero attached hydrogens (tertiary/aromatic N) is 2. The van der Waals surface area contributed by atoms with E-state index in [9.17, 15) is 4.79 Å². The van der Waals surface area contributed by atoms with Gasteiger partial charge in [-0.2, -0.15) is 5.10 Å². The summed E-state index contributed by atoms with van der Waals surface area (Å²) in [6, 6.07) is 0. The summed E-state index contributed by atoms with van der Waals surface area (Å²) in [5, 5.41) is 10.3. The summed E-state index contributed by atoms with van der Waals surface area (Å²) in [5.41, 5.74) is 0. The number of hydrogen-bond acceptors (Lipinski definition) is 3. The maximum atomic E-state index is 12.1. The number of nitrogens with one attached hydrogen (secondary N) is 2. The molecule has 0 spiro atoms. The van der Waals surface area contributed by atoms with E-state index in [1.165, 1.54) is 32.1 Å². The van der Waals surface area contributed by atoms with Crippen molar-refractivity contribution in [1.82, 2.24) is 20.1 Å². The molecule has 1 heterocycles. The van der Waals surface area contributed by atoms with Crippen molar-refractivity contribution < 1.29 is 4.79 Å². The second-order valence-electron chi connectivity index (χ2n) is 6.80. The van der Waals surface area contributed by atoms with Gasteiger partial charge in [0.25, 0.3) is 0 Å². The Hall–Kier alpha value is -1.17. The number of hydrogen-bond donors (Lipinski definition) is 2. The van der Waals surface area contributed by atoms with Crippen molar-refractivity contribution in [1.29, 1.82) is 0 Å². The average Bonchev–Trinajstić information content (AvgIpc) is 3.29. The number of amides is 1. The molecule has 3 saturated carbocycles. The molecule has 6 heteroatoms. The molecule has 114 valence electrons. The van der Waals surface area contributed by atoms with Crippen molar-refractivity contribution in [2.45, 2.75) is 51.0 Å². The van der Waals surface area contributed by atoms with Crippen molar-refractivity contribution in [3.63, 3.8) is 0 Å². The lowest BCUT2D eigenvalue weighted by atomic mass is 9.81. The second-order valence-corrected chi connectivity index (χ2v) is 7.19. The third-order valence-electron chi connectivity index (χ3n) is 5.30. The van der Waals surface area contributed by atoms with Crippen molar-refractivity contribution in [2.24, 2.45) is 17.8 Å². The molecule has 0 bridgehead atoms. The van der Waals surface area contributed by atoms with Gasteiger partial charge in [-0.05, 0) is 43.3 Å². The summed E-state index contributed by atoms with van der Waals surface area (Å²) in [7, 11) is 0. The number of H-pyrrole nitrogens is 1. The van der Waals surface area contributed by atoms with Crippen LogP contribution in [-0.2, 0) is 11.3 Å². The van der Waals surface area contributed by atoms with Crippen LogP contribution in [0.1, 0.15) is 50.3 Å². The van der Waals surface area contributed by atoms with E-state index in [4.69, 9.17) is 12.2 Å². The maximum absolute atomic E-state index is 12.1. The Morgan fingerprint density at radius 3 is 2.86 bits per heavy atom. The summed E-state index contributed by atoms with van der Waals surface area (Å²) in [4.78, 5) is 12.1. The summed E-state index contributed by atoms with van der Waals surface area (Å²) in [5.74, 6) is 3.68. The molecule has 1 amide bonds. The van der Waals surface area contributed by atoms with Crippen LogP contribution < -0.4 is 5.32 Å². The van der Waals surface area contributed by atoms with E-state index < -0.39 is 0 Å². The lowest BCUT2D eigenvalue weighted by Gasteiger charge is -2.25. The minimum atomic E-state index is 0.245. The van der Waals surface area contributed by atoms with Crippen LogP contribution in [0.3, 0.4) is 0 Å². The maximum Gasteiger partial charge on any atom is 0.223 e. The lowest BCUT2D eigenvalue weighted by Crippen LogP contribution is -2.30. The Labute approximate surface area is 129 Å². The number of carbonyl (C=O) groups excluding carboxylic acids is 1. The molecule has 3 aliphatic carbocycles. The van der Waals surface area contributed by atoms with Crippen molar-refractivity contribution in [3.8, 4) is 0 Å². The third-order valence-corrected chi connectivity index (χ3v) is 5.61. The molecule has 0 radical (unpaired) electrons. The van der Waals surface area contributed by atoms with Gasteiger partial charge < -0.3 is 9.88 Å². The van der Waals surface area contributed by atoms with Crippen LogP contribution >= 0.6 is 12.2 Å². The number of aromatic nitrogens is 3. The van der Waals surface area contributed by atoms with Gasteiger partial charge in [-0.15, -0.1) is 0 Å². The van der Waals surface area contributed by atoms with Crippen LogP contribution in [0.25, 0.3) is 0 Å². The molecule has 4 rings (SSSR count). The Kier molecular flexibility index (Phi) is 3.36. The molecule has 1 aromatic heterocycles. The first-order chi connectivity index (χ1) is 10.2. The lowest BCUT2D eigenvalue weighted by molar-refractivity contribution is -0.122. The highest BCUT2D eigenvalue weighted by atomic mass is 32.1. The fourth-order valence-corrected chi connectivity index (χ4v) is 3.76. The van der Waals surface area contributed by atoms with Gasteiger partial charge in [-0.3, -0.25) is 9.89 Å². The normalized spacial score (nSPS) is 28.2. The van der Waals surface area contributed by atoms with Crippen LogP contribution in [0.4, 0.5) is 0 Å². The average molecular weight is 306 g/mol. The van der Waals surface area contributed by atoms with Crippen LogP contribution in [0.2, 0.25) is 0 Å². The fourth-order valence-electron chi connectivity index (χ4n) is 3.53. The Morgan fingerprint density at radius 1 is 1.38 bits per heavy atom. The highest BCUT2D eigenvalue weighted by molar-refractivity contribution is 7.71. The van der Waals surface area contributed by atoms with Gasteiger partial charge in [0.2, 0.25) is 5.91 Å². The van der Waals surface area contributed by atoms with E-state index in [-0.39, 0.29) is 11.8 Å². The summed E-state index contributed by atoms with van der Waals surface area (Å²) < 4.78 is 2.72. The zero-order valence-corrected chi connectivity index (χ0v) is 13.0. The standard InChI is InChI=1S/C15H22N4OS/c20-14(12-8-11(12)9-2-1-3-9)16-6-7-19-13(10-4-5-10)17-18-15(19)21/h9-12H,1-8H2,(H,16,20)(H,18,21)/t11-,12+/m1/s1. The SMILES string of the molecule is O=C(NCCn1c(C2CC2)n[nH]c1=S)[C@H]1C[C@@H]1C1CCC1. The topological polar surface area (TPSA) is 62.7 Å². The summed E-state index contributed by atoms with van der Waals surface area (Å²) in [6.07, 6.45) is 7.55. The highest BCUT2D eigenvalue weighted by Crippen LogP contribution is 2.51. The van der Waals surface area contributed by atoms with E-state index in [1.807, 2.05) is 4.57 Å². The fraction of sp³-hybridized carbons (Fsp3) is 0.800. The Morgan fingerprint density at radius 2 is 2.19 bits per heavy atom. The Bertz CT molecular complexity index is 599. The monoisotopic (exact) mass is 306 g/mol. The molecule has 5 nitrogen and oxygen atoms in total. The largest absolute Gasteiger partial charge is 0.354 e. The molecule has 2 atom stereocenters. The number of aromatic amines is 1. The molecule has 1 aromatic rings. The van der Waals surface area contributed by atoms with Gasteiger partial charge in [-0.1, -0.05) is 19.3 Å². The molecular formula is C15H22N4OS. The van der Waals surface area contributed by atoms with Crippen LogP contribution in [0.5, 0.6) is 0 Å². The van der Waals surface area contributed by atoms with Crippen molar-refractivity contribution in [3.05, 3.63) is 10.6 Å². The van der Waals surface area contributed by atoms with Crippen LogP contribution in [0, 0.1) is 22.5 Å². The molecule has 0 unspecified atom stereocenters. The second kappa shape index (κ2) is 5.23. The third kappa shape index (κ3) is 2.65. The summed E-state index contributed by atoms with van der Waals surface area (Å²) in [6.45, 7) is 1.38. The zero-order valence-electron chi connectivity index (χ0n) is 12.2. The van der Waals surface area contributed by atoms with Gasteiger partial charge >= 0.3 is 0 Å². The molecule has 2 N–H and O–H groups in total. The quantitative estimate of drug-likeness (QED) is 0.793. The summed E-state index contributed by atoms with van der Waals surface area (Å²) >= 11 is 5.27. The predicted molar refractivity (Wildman–Crippen MR) is 81.3 cm³/mol. The van der Waals surface area contributed by atoms with E-state index in [1.54, 1.807) is 0 Å². The van der Waals surface area contributed by atoms with Gasteiger partial charge in [-0.25, -0.2) is 0 Å². The molecule has 0 saturated heterocycles. The smallest absolute Gasteiger partial charge is 0.223 e. The first-order valence-electron chi connectivity index (χ1n) is 8.17. The first kappa shape index (κ1) is 13.5. The molecular weight excluding hydrogens is 284 g/mol. The van der Waals surface area contributed by atoms with Gasteiger partial charge in [0.1, 0.15) is 5.82 Å². The van der Waals surface area contributed by atoms with E-state index in [0.717, 1.165) is 24.7 Å². The molecule has 0 aliphatic heterocycles. The molecule has 3 aliphatic rings. The predicted octanol–water partition coefficient (Wildman–Crippen LogP) is 2.37. The van der Waals surface area contributed by atoms with Crippen molar-refractivity contribution >= 4 is 18.1 Å². The number of rotatable bonds is 6. The first-order valence-corrected chi connectivity index (χ1v) is 8.57. The number of carbonyl (C=O) groups is 1. The zero-order chi connectivity index (χ0) is 14.4. The van der Waals surface area contributed by atoms with Crippen LogP contribution in [0.15, 0.2) is 0 Å². The van der Waals surface area contributed by atoms with Crippen LogP contribution in [-0.4, -0.2) is 27.2 Å². The Balaban J connectivity index is 1.27.